The summed E-state index contributed by atoms with van der Waals surface area (Å²) < 4.78 is 0. The Kier molecular flexibility index (Phi) is 3.69. The summed E-state index contributed by atoms with van der Waals surface area (Å²) in [7, 11) is 0. The monoisotopic (exact) mass is 259 g/mol. The highest BCUT2D eigenvalue weighted by Gasteiger charge is 2.05. The molecule has 4 N–H and O–H groups in total. The molecule has 1 heterocycles. The van der Waals surface area contributed by atoms with Crippen LogP contribution in [0.2, 0.25) is 0 Å². The van der Waals surface area contributed by atoms with E-state index in [9.17, 15) is 0 Å². The van der Waals surface area contributed by atoms with Gasteiger partial charge in [-0.05, 0) is 19.1 Å². The number of aromatic nitrogens is 2. The Morgan fingerprint density at radius 3 is 2.83 bits per heavy atom. The van der Waals surface area contributed by atoms with Crippen LogP contribution < -0.4 is 11.2 Å². The van der Waals surface area contributed by atoms with Crippen molar-refractivity contribution in [3.05, 3.63) is 41.6 Å². The van der Waals surface area contributed by atoms with Crippen molar-refractivity contribution in [2.75, 3.05) is 0 Å². The lowest BCUT2D eigenvalue weighted by atomic mass is 10.1. The molecule has 0 bridgehead atoms. The largest absolute Gasteiger partial charge is 0.375 e. The van der Waals surface area contributed by atoms with Crippen molar-refractivity contribution in [2.45, 2.75) is 6.92 Å². The molecule has 0 radical (unpaired) electrons. The van der Waals surface area contributed by atoms with Crippen LogP contribution in [0.15, 0.2) is 35.6 Å². The molecule has 18 heavy (non-hydrogen) atoms. The molecule has 0 spiro atoms. The second-order valence-electron chi connectivity index (χ2n) is 3.80. The Bertz CT molecular complexity index is 570. The molecule has 92 valence electrons. The van der Waals surface area contributed by atoms with Crippen LogP contribution in [0.4, 0.5) is 0 Å². The predicted octanol–water partition coefficient (Wildman–Crippen LogP) is 1.55. The van der Waals surface area contributed by atoms with Gasteiger partial charge >= 0.3 is 0 Å². The predicted molar refractivity (Wildman–Crippen MR) is 76.3 cm³/mol. The van der Waals surface area contributed by atoms with Gasteiger partial charge in [-0.15, -0.1) is 0 Å². The second-order valence-corrected chi connectivity index (χ2v) is 4.24. The van der Waals surface area contributed by atoms with Crippen LogP contribution in [0.1, 0.15) is 11.1 Å². The van der Waals surface area contributed by atoms with Crippen molar-refractivity contribution < 1.29 is 0 Å². The first-order valence-corrected chi connectivity index (χ1v) is 5.76. The van der Waals surface area contributed by atoms with Crippen molar-refractivity contribution in [2.24, 2.45) is 10.8 Å². The van der Waals surface area contributed by atoms with E-state index in [0.717, 1.165) is 16.8 Å². The number of rotatable bonds is 3. The maximum Gasteiger partial charge on any atom is 0.184 e. The number of hydrogen-bond acceptors (Lipinski definition) is 3. The SMILES string of the molecule is Cc1ccc(-c2[nH]ncc2/C=N/NC(N)=S)cc1. The molecule has 1 aromatic carbocycles. The fraction of sp³-hybridized carbons (Fsp3) is 0.0833. The summed E-state index contributed by atoms with van der Waals surface area (Å²) in [5.41, 5.74) is 11.8. The molecule has 0 unspecified atom stereocenters. The van der Waals surface area contributed by atoms with Gasteiger partial charge in [0, 0.05) is 11.1 Å². The van der Waals surface area contributed by atoms with E-state index in [1.54, 1.807) is 12.4 Å². The Balaban J connectivity index is 2.24. The molecule has 1 aromatic heterocycles. The van der Waals surface area contributed by atoms with E-state index in [1.807, 2.05) is 31.2 Å². The van der Waals surface area contributed by atoms with E-state index in [1.165, 1.54) is 5.56 Å². The molecular formula is C12H13N5S. The standard InChI is InChI=1S/C12H13N5S/c1-8-2-4-9(5-3-8)11-10(6-14-16-11)7-15-17-12(13)18/h2-7H,1H3,(H,14,16)(H3,13,17,18)/b15-7+. The normalized spacial score (nSPS) is 10.7. The molecule has 0 aliphatic rings. The molecule has 6 heteroatoms. The summed E-state index contributed by atoms with van der Waals surface area (Å²) in [6, 6.07) is 8.15. The first-order valence-electron chi connectivity index (χ1n) is 5.36. The van der Waals surface area contributed by atoms with Gasteiger partial charge in [0.15, 0.2) is 5.11 Å². The van der Waals surface area contributed by atoms with Crippen molar-refractivity contribution in [3.8, 4) is 11.3 Å². The van der Waals surface area contributed by atoms with Crippen LogP contribution in [0.3, 0.4) is 0 Å². The molecule has 0 saturated heterocycles. The highest BCUT2D eigenvalue weighted by atomic mass is 32.1. The van der Waals surface area contributed by atoms with E-state index in [2.05, 4.69) is 32.9 Å². The lowest BCUT2D eigenvalue weighted by Gasteiger charge is -2.00. The average molecular weight is 259 g/mol. The van der Waals surface area contributed by atoms with Gasteiger partial charge in [-0.25, -0.2) is 0 Å². The van der Waals surface area contributed by atoms with E-state index < -0.39 is 0 Å². The minimum atomic E-state index is 0.131. The zero-order valence-corrected chi connectivity index (χ0v) is 10.7. The molecule has 2 aromatic rings. The minimum absolute atomic E-state index is 0.131. The third-order valence-electron chi connectivity index (χ3n) is 2.39. The van der Waals surface area contributed by atoms with Crippen LogP contribution >= 0.6 is 12.2 Å². The van der Waals surface area contributed by atoms with E-state index in [4.69, 9.17) is 5.73 Å². The van der Waals surface area contributed by atoms with Gasteiger partial charge in [0.2, 0.25) is 0 Å². The highest BCUT2D eigenvalue weighted by Crippen LogP contribution is 2.20. The van der Waals surface area contributed by atoms with Gasteiger partial charge in [0.25, 0.3) is 0 Å². The molecule has 0 saturated carbocycles. The van der Waals surface area contributed by atoms with Gasteiger partial charge in [-0.1, -0.05) is 29.8 Å². The van der Waals surface area contributed by atoms with E-state index in [0.29, 0.717) is 0 Å². The van der Waals surface area contributed by atoms with E-state index >= 15 is 0 Å². The zero-order valence-electron chi connectivity index (χ0n) is 9.84. The maximum atomic E-state index is 5.28. The second kappa shape index (κ2) is 5.42. The van der Waals surface area contributed by atoms with Gasteiger partial charge < -0.3 is 5.73 Å². The number of nitrogens with zero attached hydrogens (tertiary/aromatic N) is 2. The number of hydrazone groups is 1. The number of thiocarbonyl (C=S) groups is 1. The average Bonchev–Trinajstić information content (AvgIpc) is 2.78. The van der Waals surface area contributed by atoms with E-state index in [-0.39, 0.29) is 5.11 Å². The smallest absolute Gasteiger partial charge is 0.184 e. The summed E-state index contributed by atoms with van der Waals surface area (Å²) >= 11 is 4.66. The molecular weight excluding hydrogens is 246 g/mol. The zero-order chi connectivity index (χ0) is 13.0. The molecule has 5 nitrogen and oxygen atoms in total. The summed E-state index contributed by atoms with van der Waals surface area (Å²) in [4.78, 5) is 0. The quantitative estimate of drug-likeness (QED) is 0.444. The van der Waals surface area contributed by atoms with Gasteiger partial charge in [-0.2, -0.15) is 10.2 Å². The van der Waals surface area contributed by atoms with Gasteiger partial charge in [0.1, 0.15) is 0 Å². The molecule has 0 aliphatic carbocycles. The number of hydrogen-bond donors (Lipinski definition) is 3. The summed E-state index contributed by atoms with van der Waals surface area (Å²) in [6.45, 7) is 2.05. The Morgan fingerprint density at radius 1 is 1.44 bits per heavy atom. The number of aryl methyl sites for hydroxylation is 1. The Labute approximate surface area is 110 Å². The lowest BCUT2D eigenvalue weighted by molar-refractivity contribution is 1.04. The number of nitrogens with two attached hydrogens (primary N) is 1. The van der Waals surface area contributed by atoms with Crippen LogP contribution in [0.25, 0.3) is 11.3 Å². The van der Waals surface area contributed by atoms with Crippen LogP contribution in [0, 0.1) is 6.92 Å². The fourth-order valence-electron chi connectivity index (χ4n) is 1.51. The van der Waals surface area contributed by atoms with Crippen molar-refractivity contribution >= 4 is 23.5 Å². The van der Waals surface area contributed by atoms with Gasteiger partial charge in [0.05, 0.1) is 18.1 Å². The van der Waals surface area contributed by atoms with Crippen LogP contribution in [-0.2, 0) is 0 Å². The topological polar surface area (TPSA) is 79.1 Å². The minimum Gasteiger partial charge on any atom is -0.375 e. The number of H-pyrrole nitrogens is 1. The lowest BCUT2D eigenvalue weighted by Crippen LogP contribution is -2.23. The van der Waals surface area contributed by atoms with Gasteiger partial charge in [-0.3, -0.25) is 10.5 Å². The number of nitrogens with one attached hydrogen (secondary N) is 2. The van der Waals surface area contributed by atoms with Crippen LogP contribution in [-0.4, -0.2) is 21.5 Å². The molecule has 2 rings (SSSR count). The molecule has 0 aliphatic heterocycles. The fourth-order valence-corrected chi connectivity index (χ4v) is 1.56. The van der Waals surface area contributed by atoms with Crippen molar-refractivity contribution in [1.82, 2.24) is 15.6 Å². The molecule has 0 fully saturated rings. The molecule has 0 atom stereocenters. The van der Waals surface area contributed by atoms with Crippen molar-refractivity contribution in [1.29, 1.82) is 0 Å². The summed E-state index contributed by atoms with van der Waals surface area (Å²) in [5, 5.41) is 11.0. The first-order chi connectivity index (χ1) is 8.66. The summed E-state index contributed by atoms with van der Waals surface area (Å²) in [6.07, 6.45) is 3.32. The Hall–Kier alpha value is -2.21. The third-order valence-corrected chi connectivity index (χ3v) is 2.48. The van der Waals surface area contributed by atoms with Crippen LogP contribution in [0.5, 0.6) is 0 Å². The summed E-state index contributed by atoms with van der Waals surface area (Å²) in [5.74, 6) is 0. The number of benzene rings is 1. The third kappa shape index (κ3) is 2.92. The first kappa shape index (κ1) is 12.3. The molecule has 0 amide bonds. The van der Waals surface area contributed by atoms with Crippen molar-refractivity contribution in [3.63, 3.8) is 0 Å². The number of aromatic amines is 1. The highest BCUT2D eigenvalue weighted by molar-refractivity contribution is 7.80. The Morgan fingerprint density at radius 2 is 2.17 bits per heavy atom. The maximum absolute atomic E-state index is 5.28.